The molecule has 1 aromatic heterocycles. The van der Waals surface area contributed by atoms with Crippen LogP contribution in [-0.4, -0.2) is 8.42 Å². The fraction of sp³-hybridized carbons (Fsp3) is 0. The number of sulfonamides is 1. The van der Waals surface area contributed by atoms with E-state index in [0.29, 0.717) is 5.69 Å². The molecule has 0 unspecified atom stereocenters. The second-order valence-corrected chi connectivity index (χ2v) is 6.43. The molecule has 0 aliphatic carbocycles. The van der Waals surface area contributed by atoms with Crippen LogP contribution in [0, 0.1) is 17.1 Å². The standard InChI is InChI=1S/C11H8FN3O2S2/c12-9-3-7(5-13)1-2-10(9)15-19(16,17)11-4-8(14)6-18-11/h1-4,6,15H,14H2. The van der Waals surface area contributed by atoms with Gasteiger partial charge in [-0.2, -0.15) is 5.26 Å². The van der Waals surface area contributed by atoms with Crippen molar-refractivity contribution in [3.63, 3.8) is 0 Å². The minimum Gasteiger partial charge on any atom is -0.398 e. The van der Waals surface area contributed by atoms with Gasteiger partial charge < -0.3 is 5.73 Å². The number of rotatable bonds is 3. The van der Waals surface area contributed by atoms with E-state index in [4.69, 9.17) is 11.0 Å². The van der Waals surface area contributed by atoms with Crippen molar-refractivity contribution in [2.75, 3.05) is 10.5 Å². The minimum absolute atomic E-state index is 0.00578. The van der Waals surface area contributed by atoms with Crippen molar-refractivity contribution in [3.05, 3.63) is 41.0 Å². The van der Waals surface area contributed by atoms with Crippen LogP contribution in [0.1, 0.15) is 5.56 Å². The predicted molar refractivity (Wildman–Crippen MR) is 70.7 cm³/mol. The van der Waals surface area contributed by atoms with E-state index in [1.807, 2.05) is 0 Å². The SMILES string of the molecule is N#Cc1ccc(NS(=O)(=O)c2cc(N)cs2)c(F)c1. The molecule has 0 saturated carbocycles. The van der Waals surface area contributed by atoms with Gasteiger partial charge in [-0.25, -0.2) is 12.8 Å². The second-order valence-electron chi connectivity index (χ2n) is 3.61. The zero-order valence-electron chi connectivity index (χ0n) is 9.42. The van der Waals surface area contributed by atoms with E-state index in [2.05, 4.69) is 4.72 Å². The van der Waals surface area contributed by atoms with Gasteiger partial charge in [-0.15, -0.1) is 11.3 Å². The zero-order chi connectivity index (χ0) is 14.0. The van der Waals surface area contributed by atoms with Gasteiger partial charge in [0.2, 0.25) is 0 Å². The lowest BCUT2D eigenvalue weighted by Crippen LogP contribution is -2.12. The molecule has 0 amide bonds. The smallest absolute Gasteiger partial charge is 0.271 e. The molecule has 0 radical (unpaired) electrons. The van der Waals surface area contributed by atoms with Crippen molar-refractivity contribution in [2.45, 2.75) is 4.21 Å². The number of nitrogen functional groups attached to an aromatic ring is 1. The van der Waals surface area contributed by atoms with E-state index in [1.165, 1.54) is 23.6 Å². The number of nitriles is 1. The Balaban J connectivity index is 2.34. The highest BCUT2D eigenvalue weighted by molar-refractivity contribution is 7.94. The molecular formula is C11H8FN3O2S2. The minimum atomic E-state index is -3.87. The van der Waals surface area contributed by atoms with Crippen LogP contribution >= 0.6 is 11.3 Å². The van der Waals surface area contributed by atoms with Crippen LogP contribution in [0.5, 0.6) is 0 Å². The number of nitrogens with one attached hydrogen (secondary N) is 1. The molecule has 5 nitrogen and oxygen atoms in total. The van der Waals surface area contributed by atoms with Crippen LogP contribution in [0.15, 0.2) is 33.9 Å². The van der Waals surface area contributed by atoms with Crippen LogP contribution in [-0.2, 0) is 10.0 Å². The molecule has 8 heteroatoms. The summed E-state index contributed by atoms with van der Waals surface area (Å²) >= 11 is 0.939. The van der Waals surface area contributed by atoms with Gasteiger partial charge in [0.05, 0.1) is 17.3 Å². The Hall–Kier alpha value is -2.11. The van der Waals surface area contributed by atoms with Gasteiger partial charge in [0.1, 0.15) is 10.0 Å². The molecule has 2 aromatic rings. The average Bonchev–Trinajstić information content (AvgIpc) is 2.79. The van der Waals surface area contributed by atoms with Gasteiger partial charge in [-0.05, 0) is 24.3 Å². The number of anilines is 2. The number of thiophene rings is 1. The molecule has 3 N–H and O–H groups in total. The Bertz CT molecular complexity index is 762. The highest BCUT2D eigenvalue weighted by atomic mass is 32.2. The molecule has 98 valence electrons. The van der Waals surface area contributed by atoms with Crippen molar-refractivity contribution >= 4 is 32.7 Å². The third-order valence-electron chi connectivity index (χ3n) is 2.20. The summed E-state index contributed by atoms with van der Waals surface area (Å²) in [7, 11) is -3.87. The van der Waals surface area contributed by atoms with Crippen molar-refractivity contribution < 1.29 is 12.8 Å². The molecule has 0 atom stereocenters. The van der Waals surface area contributed by atoms with Gasteiger partial charge in [0.25, 0.3) is 10.0 Å². The quantitative estimate of drug-likeness (QED) is 0.907. The van der Waals surface area contributed by atoms with E-state index in [1.54, 1.807) is 6.07 Å². The Kier molecular flexibility index (Phi) is 3.42. The van der Waals surface area contributed by atoms with E-state index in [-0.39, 0.29) is 15.5 Å². The summed E-state index contributed by atoms with van der Waals surface area (Å²) in [6.45, 7) is 0. The first-order valence-electron chi connectivity index (χ1n) is 4.99. The molecule has 0 fully saturated rings. The normalized spacial score (nSPS) is 10.9. The van der Waals surface area contributed by atoms with E-state index in [0.717, 1.165) is 17.4 Å². The first kappa shape index (κ1) is 13.3. The third kappa shape index (κ3) is 2.83. The number of nitrogens with zero attached hydrogens (tertiary/aromatic N) is 1. The van der Waals surface area contributed by atoms with Crippen molar-refractivity contribution in [3.8, 4) is 6.07 Å². The van der Waals surface area contributed by atoms with Crippen LogP contribution in [0.2, 0.25) is 0 Å². The molecule has 19 heavy (non-hydrogen) atoms. The average molecular weight is 297 g/mol. The van der Waals surface area contributed by atoms with Gasteiger partial charge in [0, 0.05) is 11.1 Å². The second kappa shape index (κ2) is 4.87. The molecule has 2 rings (SSSR count). The van der Waals surface area contributed by atoms with Gasteiger partial charge in [-0.3, -0.25) is 4.72 Å². The summed E-state index contributed by atoms with van der Waals surface area (Å²) in [5, 5.41) is 10.1. The first-order valence-corrected chi connectivity index (χ1v) is 7.35. The molecule has 0 spiro atoms. The number of hydrogen-bond acceptors (Lipinski definition) is 5. The van der Waals surface area contributed by atoms with Crippen LogP contribution in [0.25, 0.3) is 0 Å². The fourth-order valence-corrected chi connectivity index (χ4v) is 3.48. The lowest BCUT2D eigenvalue weighted by Gasteiger charge is -2.07. The molecule has 0 bridgehead atoms. The highest BCUT2D eigenvalue weighted by Crippen LogP contribution is 2.25. The van der Waals surface area contributed by atoms with E-state index >= 15 is 0 Å². The maximum absolute atomic E-state index is 13.6. The summed E-state index contributed by atoms with van der Waals surface area (Å²) in [6.07, 6.45) is 0. The van der Waals surface area contributed by atoms with Crippen LogP contribution < -0.4 is 10.5 Å². The van der Waals surface area contributed by atoms with Gasteiger partial charge in [0.15, 0.2) is 0 Å². The highest BCUT2D eigenvalue weighted by Gasteiger charge is 2.18. The summed E-state index contributed by atoms with van der Waals surface area (Å²) < 4.78 is 39.6. The summed E-state index contributed by atoms with van der Waals surface area (Å²) in [6, 6.07) is 6.53. The lowest BCUT2D eigenvalue weighted by molar-refractivity contribution is 0.600. The summed E-state index contributed by atoms with van der Waals surface area (Å²) in [4.78, 5) is 0. The number of benzene rings is 1. The Labute approximate surface area is 113 Å². The number of nitrogens with two attached hydrogens (primary N) is 1. The van der Waals surface area contributed by atoms with Crippen molar-refractivity contribution in [1.29, 1.82) is 5.26 Å². The van der Waals surface area contributed by atoms with Crippen LogP contribution in [0.4, 0.5) is 15.8 Å². The first-order chi connectivity index (χ1) is 8.92. The Morgan fingerprint density at radius 2 is 2.11 bits per heavy atom. The zero-order valence-corrected chi connectivity index (χ0v) is 11.1. The Morgan fingerprint density at radius 1 is 1.37 bits per heavy atom. The molecule has 1 heterocycles. The molecule has 0 aliphatic rings. The van der Waals surface area contributed by atoms with E-state index < -0.39 is 15.8 Å². The summed E-state index contributed by atoms with van der Waals surface area (Å²) in [5.41, 5.74) is 5.66. The molecular weight excluding hydrogens is 289 g/mol. The summed E-state index contributed by atoms with van der Waals surface area (Å²) in [5.74, 6) is -0.813. The maximum Gasteiger partial charge on any atom is 0.271 e. The molecule has 0 aliphatic heterocycles. The lowest BCUT2D eigenvalue weighted by atomic mass is 10.2. The predicted octanol–water partition coefficient (Wildman–Crippen LogP) is 2.14. The number of halogens is 1. The third-order valence-corrected chi connectivity index (χ3v) is 5.03. The van der Waals surface area contributed by atoms with Gasteiger partial charge >= 0.3 is 0 Å². The Morgan fingerprint density at radius 3 is 2.63 bits per heavy atom. The monoisotopic (exact) mass is 297 g/mol. The van der Waals surface area contributed by atoms with Crippen molar-refractivity contribution in [1.82, 2.24) is 0 Å². The fourth-order valence-electron chi connectivity index (χ4n) is 1.33. The molecule has 1 aromatic carbocycles. The largest absolute Gasteiger partial charge is 0.398 e. The van der Waals surface area contributed by atoms with Crippen molar-refractivity contribution in [2.24, 2.45) is 0 Å². The number of hydrogen-bond donors (Lipinski definition) is 2. The topological polar surface area (TPSA) is 96.0 Å². The van der Waals surface area contributed by atoms with E-state index in [9.17, 15) is 12.8 Å². The maximum atomic E-state index is 13.6. The van der Waals surface area contributed by atoms with Crippen LogP contribution in [0.3, 0.4) is 0 Å². The van der Waals surface area contributed by atoms with Gasteiger partial charge in [-0.1, -0.05) is 0 Å². The molecule has 0 saturated heterocycles.